The van der Waals surface area contributed by atoms with Crippen LogP contribution in [0.1, 0.15) is 46.0 Å². The lowest BCUT2D eigenvalue weighted by Crippen LogP contribution is -2.36. The Morgan fingerprint density at radius 2 is 2.14 bits per heavy atom. The summed E-state index contributed by atoms with van der Waals surface area (Å²) >= 11 is 4.42. The molecule has 0 aromatic carbocycles. The van der Waals surface area contributed by atoms with Crippen molar-refractivity contribution in [3.05, 3.63) is 0 Å². The molecule has 0 radical (unpaired) electrons. The lowest BCUT2D eigenvalue weighted by atomic mass is 9.71. The second-order valence-electron chi connectivity index (χ2n) is 4.92. The minimum absolute atomic E-state index is 0.440. The molecule has 0 bridgehead atoms. The Hall–Kier alpha value is 0.310. The van der Waals surface area contributed by atoms with Crippen LogP contribution in [-0.2, 0) is 4.74 Å². The third-order valence-electron chi connectivity index (χ3n) is 3.34. The first kappa shape index (κ1) is 12.4. The third-order valence-corrected chi connectivity index (χ3v) is 4.01. The molecule has 1 rings (SSSR count). The molecule has 1 fully saturated rings. The second-order valence-corrected chi connectivity index (χ2v) is 5.24. The zero-order valence-electron chi connectivity index (χ0n) is 9.59. The van der Waals surface area contributed by atoms with Gasteiger partial charge in [0.1, 0.15) is 0 Å². The maximum Gasteiger partial charge on any atom is 0.0530 e. The molecule has 0 saturated heterocycles. The van der Waals surface area contributed by atoms with Gasteiger partial charge < -0.3 is 4.74 Å². The summed E-state index contributed by atoms with van der Waals surface area (Å²) in [4.78, 5) is 0. The molecule has 1 unspecified atom stereocenters. The third kappa shape index (κ3) is 3.47. The van der Waals surface area contributed by atoms with Gasteiger partial charge in [-0.2, -0.15) is 12.6 Å². The molecule has 1 saturated carbocycles. The number of hydrogen-bond acceptors (Lipinski definition) is 2. The molecular formula is C12H24OS. The fourth-order valence-electron chi connectivity index (χ4n) is 2.08. The lowest BCUT2D eigenvalue weighted by molar-refractivity contribution is -0.00260. The van der Waals surface area contributed by atoms with Crippen LogP contribution >= 0.6 is 12.6 Å². The van der Waals surface area contributed by atoms with Crippen molar-refractivity contribution in [2.24, 2.45) is 11.3 Å². The highest BCUT2D eigenvalue weighted by Gasteiger charge is 2.35. The fraction of sp³-hybridized carbons (Fsp3) is 1.00. The molecule has 0 aromatic heterocycles. The molecule has 0 heterocycles. The first-order valence-electron chi connectivity index (χ1n) is 5.91. The van der Waals surface area contributed by atoms with Gasteiger partial charge in [-0.25, -0.2) is 0 Å². The van der Waals surface area contributed by atoms with Crippen LogP contribution in [0, 0.1) is 11.3 Å². The average molecular weight is 216 g/mol. The van der Waals surface area contributed by atoms with E-state index in [-0.39, 0.29) is 0 Å². The van der Waals surface area contributed by atoms with Crippen molar-refractivity contribution in [3.8, 4) is 0 Å². The Kier molecular flexibility index (Phi) is 5.32. The van der Waals surface area contributed by atoms with Crippen LogP contribution < -0.4 is 0 Å². The molecule has 0 amide bonds. The molecule has 84 valence electrons. The topological polar surface area (TPSA) is 9.23 Å². The maximum atomic E-state index is 5.80. The van der Waals surface area contributed by atoms with Crippen LogP contribution in [0.5, 0.6) is 0 Å². The van der Waals surface area contributed by atoms with Gasteiger partial charge in [0.2, 0.25) is 0 Å². The summed E-state index contributed by atoms with van der Waals surface area (Å²) in [5, 5.41) is 0. The lowest BCUT2D eigenvalue weighted by Gasteiger charge is -2.40. The van der Waals surface area contributed by atoms with Gasteiger partial charge in [-0.1, -0.05) is 26.7 Å². The minimum atomic E-state index is 0.440. The SMILES string of the molecule is CCCC(C)COCC1(CS)CCC1. The molecule has 0 aliphatic heterocycles. The summed E-state index contributed by atoms with van der Waals surface area (Å²) in [6.45, 7) is 6.38. The number of thiol groups is 1. The van der Waals surface area contributed by atoms with Crippen LogP contribution in [0.4, 0.5) is 0 Å². The number of hydrogen-bond donors (Lipinski definition) is 1. The maximum absolute atomic E-state index is 5.80. The largest absolute Gasteiger partial charge is 0.381 e. The van der Waals surface area contributed by atoms with E-state index in [0.29, 0.717) is 5.41 Å². The van der Waals surface area contributed by atoms with Crippen molar-refractivity contribution >= 4 is 12.6 Å². The summed E-state index contributed by atoms with van der Waals surface area (Å²) < 4.78 is 5.80. The van der Waals surface area contributed by atoms with Gasteiger partial charge in [0.25, 0.3) is 0 Å². The Balaban J connectivity index is 2.08. The van der Waals surface area contributed by atoms with E-state index < -0.39 is 0 Å². The van der Waals surface area contributed by atoms with Crippen molar-refractivity contribution in [1.82, 2.24) is 0 Å². The Morgan fingerprint density at radius 1 is 1.43 bits per heavy atom. The molecule has 0 N–H and O–H groups in total. The van der Waals surface area contributed by atoms with E-state index in [9.17, 15) is 0 Å². The van der Waals surface area contributed by atoms with Gasteiger partial charge in [0.05, 0.1) is 6.61 Å². The van der Waals surface area contributed by atoms with Gasteiger partial charge in [-0.3, -0.25) is 0 Å². The molecule has 1 nitrogen and oxygen atoms in total. The Labute approximate surface area is 94.0 Å². The predicted molar refractivity (Wildman–Crippen MR) is 65.0 cm³/mol. The standard InChI is InChI=1S/C12H24OS/c1-3-5-11(2)8-13-9-12(10-14)6-4-7-12/h11,14H,3-10H2,1-2H3. The second kappa shape index (κ2) is 6.02. The highest BCUT2D eigenvalue weighted by molar-refractivity contribution is 7.80. The Bertz CT molecular complexity index is 149. The molecule has 1 atom stereocenters. The van der Waals surface area contributed by atoms with Gasteiger partial charge in [0.15, 0.2) is 0 Å². The Morgan fingerprint density at radius 3 is 2.57 bits per heavy atom. The van der Waals surface area contributed by atoms with Gasteiger partial charge in [0, 0.05) is 12.0 Å². The van der Waals surface area contributed by atoms with Gasteiger partial charge in [-0.15, -0.1) is 0 Å². The summed E-state index contributed by atoms with van der Waals surface area (Å²) in [6, 6.07) is 0. The fourth-order valence-corrected chi connectivity index (χ4v) is 2.49. The zero-order chi connectivity index (χ0) is 10.4. The molecule has 1 aliphatic rings. The predicted octanol–water partition coefficient (Wildman–Crippen LogP) is 3.54. The van der Waals surface area contributed by atoms with E-state index in [2.05, 4.69) is 26.5 Å². The molecule has 2 heteroatoms. The summed E-state index contributed by atoms with van der Waals surface area (Å²) in [7, 11) is 0. The van der Waals surface area contributed by atoms with E-state index in [0.717, 1.165) is 24.9 Å². The highest BCUT2D eigenvalue weighted by atomic mass is 32.1. The first-order chi connectivity index (χ1) is 6.72. The summed E-state index contributed by atoms with van der Waals surface area (Å²) in [6.07, 6.45) is 6.56. The quantitative estimate of drug-likeness (QED) is 0.640. The van der Waals surface area contributed by atoms with Crippen molar-refractivity contribution in [1.29, 1.82) is 0 Å². The summed E-state index contributed by atoms with van der Waals surface area (Å²) in [5.41, 5.74) is 0.440. The highest BCUT2D eigenvalue weighted by Crippen LogP contribution is 2.41. The molecule has 0 spiro atoms. The number of rotatable bonds is 7. The van der Waals surface area contributed by atoms with Crippen LogP contribution in [0.3, 0.4) is 0 Å². The summed E-state index contributed by atoms with van der Waals surface area (Å²) in [5.74, 6) is 1.71. The van der Waals surface area contributed by atoms with E-state index >= 15 is 0 Å². The van der Waals surface area contributed by atoms with Crippen LogP contribution in [0.2, 0.25) is 0 Å². The van der Waals surface area contributed by atoms with Crippen molar-refractivity contribution < 1.29 is 4.74 Å². The van der Waals surface area contributed by atoms with Crippen LogP contribution in [0.15, 0.2) is 0 Å². The molecule has 0 aromatic rings. The van der Waals surface area contributed by atoms with Gasteiger partial charge >= 0.3 is 0 Å². The monoisotopic (exact) mass is 216 g/mol. The van der Waals surface area contributed by atoms with Crippen molar-refractivity contribution in [2.75, 3.05) is 19.0 Å². The van der Waals surface area contributed by atoms with E-state index in [1.54, 1.807) is 0 Å². The zero-order valence-corrected chi connectivity index (χ0v) is 10.5. The number of ether oxygens (including phenoxy) is 1. The normalized spacial score (nSPS) is 21.6. The molecule has 14 heavy (non-hydrogen) atoms. The van der Waals surface area contributed by atoms with Crippen molar-refractivity contribution in [2.45, 2.75) is 46.0 Å². The van der Waals surface area contributed by atoms with Gasteiger partial charge in [-0.05, 0) is 30.9 Å². The van der Waals surface area contributed by atoms with Crippen LogP contribution in [-0.4, -0.2) is 19.0 Å². The van der Waals surface area contributed by atoms with E-state index in [1.165, 1.54) is 32.1 Å². The van der Waals surface area contributed by atoms with Crippen LogP contribution in [0.25, 0.3) is 0 Å². The van der Waals surface area contributed by atoms with E-state index in [4.69, 9.17) is 4.74 Å². The smallest absolute Gasteiger partial charge is 0.0530 e. The first-order valence-corrected chi connectivity index (χ1v) is 6.54. The minimum Gasteiger partial charge on any atom is -0.381 e. The molecular weight excluding hydrogens is 192 g/mol. The average Bonchev–Trinajstić information content (AvgIpc) is 2.10. The van der Waals surface area contributed by atoms with Crippen molar-refractivity contribution in [3.63, 3.8) is 0 Å². The molecule has 1 aliphatic carbocycles. The van der Waals surface area contributed by atoms with E-state index in [1.807, 2.05) is 0 Å².